The summed E-state index contributed by atoms with van der Waals surface area (Å²) in [7, 11) is -3.40. The molecule has 32 heavy (non-hydrogen) atoms. The van der Waals surface area contributed by atoms with E-state index < -0.39 is 10.0 Å². The molecule has 5 rings (SSSR count). The fraction of sp³-hybridized carbons (Fsp3) is 0.417. The Morgan fingerprint density at radius 1 is 1.00 bits per heavy atom. The van der Waals surface area contributed by atoms with E-state index in [1.165, 1.54) is 0 Å². The van der Waals surface area contributed by atoms with Gasteiger partial charge in [0.05, 0.1) is 21.2 Å². The van der Waals surface area contributed by atoms with Gasteiger partial charge in [-0.05, 0) is 61.9 Å². The molecule has 3 heterocycles. The molecule has 3 aromatic rings. The highest BCUT2D eigenvalue weighted by atomic mass is 32.2. The zero-order chi connectivity index (χ0) is 22.1. The maximum Gasteiger partial charge on any atom is 0.243 e. The number of benzene rings is 2. The first-order valence-electron chi connectivity index (χ1n) is 11.3. The minimum absolute atomic E-state index is 0.0629. The number of likely N-dealkylation sites (tertiary alicyclic amines) is 1. The Hall–Kier alpha value is -2.29. The highest BCUT2D eigenvalue weighted by Crippen LogP contribution is 2.36. The number of fused-ring (bicyclic) bond motifs is 1. The first-order valence-corrected chi connectivity index (χ1v) is 13.5. The molecule has 6 nitrogen and oxygen atoms in total. The largest absolute Gasteiger partial charge is 0.333 e. The van der Waals surface area contributed by atoms with E-state index in [-0.39, 0.29) is 11.9 Å². The number of aryl methyl sites for hydroxylation is 1. The number of rotatable bonds is 6. The second-order valence-corrected chi connectivity index (χ2v) is 11.5. The molecule has 8 heteroatoms. The van der Waals surface area contributed by atoms with Crippen LogP contribution in [0.1, 0.15) is 48.7 Å². The second kappa shape index (κ2) is 8.92. The van der Waals surface area contributed by atoms with E-state index in [2.05, 4.69) is 6.07 Å². The van der Waals surface area contributed by atoms with Crippen molar-refractivity contribution >= 4 is 37.5 Å². The fourth-order valence-corrected chi connectivity index (χ4v) is 7.29. The van der Waals surface area contributed by atoms with Gasteiger partial charge in [-0.25, -0.2) is 13.4 Å². The van der Waals surface area contributed by atoms with Crippen molar-refractivity contribution < 1.29 is 13.2 Å². The Bertz CT molecular complexity index is 1180. The van der Waals surface area contributed by atoms with Gasteiger partial charge in [-0.2, -0.15) is 4.31 Å². The molecule has 2 aliphatic rings. The maximum absolute atomic E-state index is 13.0. The minimum Gasteiger partial charge on any atom is -0.333 e. The molecule has 0 bridgehead atoms. The summed E-state index contributed by atoms with van der Waals surface area (Å²) in [6.45, 7) is 1.97. The summed E-state index contributed by atoms with van der Waals surface area (Å²) < 4.78 is 28.1. The smallest absolute Gasteiger partial charge is 0.243 e. The van der Waals surface area contributed by atoms with Gasteiger partial charge >= 0.3 is 0 Å². The van der Waals surface area contributed by atoms with Gasteiger partial charge in [0.15, 0.2) is 0 Å². The predicted octanol–water partition coefficient (Wildman–Crippen LogP) is 4.38. The molecule has 0 N–H and O–H groups in total. The first-order chi connectivity index (χ1) is 15.5. The molecule has 0 aliphatic carbocycles. The summed E-state index contributed by atoms with van der Waals surface area (Å²) in [5, 5.41) is 1.02. The maximum atomic E-state index is 13.0. The number of carbonyl (C=O) groups is 1. The lowest BCUT2D eigenvalue weighted by Crippen LogP contribution is -2.30. The highest BCUT2D eigenvalue weighted by Gasteiger charge is 2.32. The summed E-state index contributed by atoms with van der Waals surface area (Å²) >= 11 is 1.68. The topological polar surface area (TPSA) is 70.6 Å². The molecule has 168 valence electrons. The molecule has 0 spiro atoms. The van der Waals surface area contributed by atoms with Crippen LogP contribution in [0.3, 0.4) is 0 Å². The Balaban J connectivity index is 1.23. The van der Waals surface area contributed by atoms with Crippen LogP contribution >= 0.6 is 11.3 Å². The van der Waals surface area contributed by atoms with Crippen LogP contribution in [-0.4, -0.2) is 48.1 Å². The summed E-state index contributed by atoms with van der Waals surface area (Å²) in [6.07, 6.45) is 4.82. The van der Waals surface area contributed by atoms with E-state index in [1.807, 2.05) is 35.2 Å². The Morgan fingerprint density at radius 2 is 1.75 bits per heavy atom. The molecule has 0 radical (unpaired) electrons. The molecular formula is C24H27N3O3S2. The molecule has 2 fully saturated rings. The van der Waals surface area contributed by atoms with Crippen LogP contribution in [0.25, 0.3) is 10.2 Å². The number of thiazole rings is 1. The zero-order valence-electron chi connectivity index (χ0n) is 17.9. The summed E-state index contributed by atoms with van der Waals surface area (Å²) in [5.74, 6) is 0.139. The molecule has 2 aliphatic heterocycles. The number of amides is 1. The molecule has 2 aromatic carbocycles. The number of hydrogen-bond donors (Lipinski definition) is 0. The third-order valence-electron chi connectivity index (χ3n) is 6.42. The predicted molar refractivity (Wildman–Crippen MR) is 126 cm³/mol. The quantitative estimate of drug-likeness (QED) is 0.537. The van der Waals surface area contributed by atoms with Gasteiger partial charge in [-0.1, -0.05) is 24.3 Å². The number of para-hydroxylation sites is 1. The van der Waals surface area contributed by atoms with Crippen LogP contribution in [0.5, 0.6) is 0 Å². The molecule has 1 aromatic heterocycles. The number of sulfonamides is 1. The van der Waals surface area contributed by atoms with Gasteiger partial charge in [0.25, 0.3) is 0 Å². The molecular weight excluding hydrogens is 442 g/mol. The van der Waals surface area contributed by atoms with Crippen molar-refractivity contribution in [3.8, 4) is 0 Å². The van der Waals surface area contributed by atoms with E-state index >= 15 is 0 Å². The van der Waals surface area contributed by atoms with Crippen molar-refractivity contribution in [3.05, 3.63) is 59.1 Å². The molecule has 1 atom stereocenters. The van der Waals surface area contributed by atoms with Crippen molar-refractivity contribution in [3.63, 3.8) is 0 Å². The standard InChI is InChI=1S/C24H27N3O3S2/c28-23(27-17-5-7-21(27)24-25-20-6-1-2-8-22(20)31-24)14-11-18-9-12-19(13-10-18)32(29,30)26-15-3-4-16-26/h1-2,6,8-10,12-13,21H,3-5,7,11,14-17H2/t21-/m0/s1. The molecule has 0 unspecified atom stereocenters. The van der Waals surface area contributed by atoms with Crippen LogP contribution in [0.15, 0.2) is 53.4 Å². The van der Waals surface area contributed by atoms with E-state index in [4.69, 9.17) is 4.98 Å². The average molecular weight is 470 g/mol. The number of carbonyl (C=O) groups excluding carboxylic acids is 1. The van der Waals surface area contributed by atoms with Gasteiger partial charge in [0, 0.05) is 26.1 Å². The van der Waals surface area contributed by atoms with Crippen LogP contribution in [0.2, 0.25) is 0 Å². The van der Waals surface area contributed by atoms with Crippen molar-refractivity contribution in [2.24, 2.45) is 0 Å². The Kier molecular flexibility index (Phi) is 6.01. The van der Waals surface area contributed by atoms with Gasteiger partial charge in [-0.3, -0.25) is 4.79 Å². The molecule has 2 saturated heterocycles. The Labute approximate surface area is 192 Å². The van der Waals surface area contributed by atoms with Crippen LogP contribution in [0.4, 0.5) is 0 Å². The van der Waals surface area contributed by atoms with E-state index in [1.54, 1.807) is 27.8 Å². The van der Waals surface area contributed by atoms with Crippen molar-refractivity contribution in [2.45, 2.75) is 49.5 Å². The fourth-order valence-electron chi connectivity index (χ4n) is 4.66. The second-order valence-electron chi connectivity index (χ2n) is 8.52. The monoisotopic (exact) mass is 469 g/mol. The Morgan fingerprint density at radius 3 is 2.50 bits per heavy atom. The number of hydrogen-bond acceptors (Lipinski definition) is 5. The van der Waals surface area contributed by atoms with Gasteiger partial charge in [-0.15, -0.1) is 11.3 Å². The van der Waals surface area contributed by atoms with Crippen LogP contribution in [0, 0.1) is 0 Å². The van der Waals surface area contributed by atoms with Gasteiger partial charge < -0.3 is 4.90 Å². The zero-order valence-corrected chi connectivity index (χ0v) is 19.6. The molecule has 0 saturated carbocycles. The SMILES string of the molecule is O=C(CCc1ccc(S(=O)(=O)N2CCCC2)cc1)N1CCC[C@H]1c1nc2ccccc2s1. The summed E-state index contributed by atoms with van der Waals surface area (Å²) in [4.78, 5) is 20.1. The number of aromatic nitrogens is 1. The van der Waals surface area contributed by atoms with Gasteiger partial charge in [0.2, 0.25) is 15.9 Å². The van der Waals surface area contributed by atoms with E-state index in [0.717, 1.165) is 53.0 Å². The summed E-state index contributed by atoms with van der Waals surface area (Å²) in [5.41, 5.74) is 1.98. The van der Waals surface area contributed by atoms with Crippen molar-refractivity contribution in [1.29, 1.82) is 0 Å². The average Bonchev–Trinajstić information content (AvgIpc) is 3.57. The number of nitrogens with zero attached hydrogens (tertiary/aromatic N) is 3. The van der Waals surface area contributed by atoms with Crippen LogP contribution in [-0.2, 0) is 21.2 Å². The highest BCUT2D eigenvalue weighted by molar-refractivity contribution is 7.89. The lowest BCUT2D eigenvalue weighted by atomic mass is 10.1. The normalized spacial score (nSPS) is 19.8. The third-order valence-corrected chi connectivity index (χ3v) is 9.47. The van der Waals surface area contributed by atoms with E-state index in [0.29, 0.717) is 30.8 Å². The molecule has 1 amide bonds. The van der Waals surface area contributed by atoms with Crippen molar-refractivity contribution in [1.82, 2.24) is 14.2 Å². The lowest BCUT2D eigenvalue weighted by molar-refractivity contribution is -0.132. The van der Waals surface area contributed by atoms with E-state index in [9.17, 15) is 13.2 Å². The lowest BCUT2D eigenvalue weighted by Gasteiger charge is -2.23. The van der Waals surface area contributed by atoms with Crippen LogP contribution < -0.4 is 0 Å². The third kappa shape index (κ3) is 4.19. The van der Waals surface area contributed by atoms with Gasteiger partial charge in [0.1, 0.15) is 5.01 Å². The summed E-state index contributed by atoms with van der Waals surface area (Å²) in [6, 6.07) is 15.2. The first kappa shape index (κ1) is 21.6. The minimum atomic E-state index is -3.40. The van der Waals surface area contributed by atoms with Crippen molar-refractivity contribution in [2.75, 3.05) is 19.6 Å².